The van der Waals surface area contributed by atoms with Crippen molar-refractivity contribution in [3.05, 3.63) is 36.4 Å². The first-order valence-corrected chi connectivity index (χ1v) is 10.7. The van der Waals surface area contributed by atoms with Gasteiger partial charge in [-0.05, 0) is 38.0 Å². The highest BCUT2D eigenvalue weighted by atomic mass is 32.2. The number of amides is 1. The Morgan fingerprint density at radius 3 is 2.70 bits per heavy atom. The molecule has 1 aromatic carbocycles. The predicted octanol–water partition coefficient (Wildman–Crippen LogP) is 1.60. The molecule has 27 heavy (non-hydrogen) atoms. The number of thiazole rings is 1. The van der Waals surface area contributed by atoms with Gasteiger partial charge in [0.15, 0.2) is 19.7 Å². The van der Waals surface area contributed by atoms with Crippen molar-refractivity contribution < 1.29 is 17.9 Å². The highest BCUT2D eigenvalue weighted by molar-refractivity contribution is 7.93. The summed E-state index contributed by atoms with van der Waals surface area (Å²) in [5.74, 6) is -0.829. The van der Waals surface area contributed by atoms with Crippen LogP contribution in [0.2, 0.25) is 0 Å². The van der Waals surface area contributed by atoms with Crippen molar-refractivity contribution in [2.24, 2.45) is 5.73 Å². The van der Waals surface area contributed by atoms with Gasteiger partial charge in [0.05, 0.1) is 20.8 Å². The van der Waals surface area contributed by atoms with Gasteiger partial charge < -0.3 is 10.5 Å². The summed E-state index contributed by atoms with van der Waals surface area (Å²) in [4.78, 5) is 20.9. The highest BCUT2D eigenvalue weighted by Crippen LogP contribution is 2.36. The Morgan fingerprint density at radius 2 is 2.07 bits per heavy atom. The van der Waals surface area contributed by atoms with Crippen LogP contribution in [-0.4, -0.2) is 46.8 Å². The molecule has 1 amide bonds. The number of aromatic nitrogens is 3. The second-order valence-corrected chi connectivity index (χ2v) is 9.79. The lowest BCUT2D eigenvalue weighted by Gasteiger charge is -2.33. The minimum Gasteiger partial charge on any atom is -0.381 e. The Bertz CT molecular complexity index is 1130. The van der Waals surface area contributed by atoms with Crippen LogP contribution >= 0.6 is 11.3 Å². The number of carbonyl (C=O) groups is 1. The maximum absolute atomic E-state index is 13.3. The average Bonchev–Trinajstić information content (AvgIpc) is 3.27. The fourth-order valence-corrected chi connectivity index (χ4v) is 6.24. The molecule has 0 atom stereocenters. The number of nitrogens with two attached hydrogens (primary N) is 1. The van der Waals surface area contributed by atoms with E-state index < -0.39 is 20.5 Å². The molecule has 1 fully saturated rings. The minimum atomic E-state index is -3.96. The monoisotopic (exact) mass is 406 g/mol. The number of fused-ring (bicyclic) bond motifs is 1. The molecular weight excluding hydrogens is 388 g/mol. The fraction of sp³-hybridized carbons (Fsp3) is 0.353. The number of carbonyl (C=O) groups excluding carboxylic acids is 1. The molecule has 2 aromatic heterocycles. The third-order valence-electron chi connectivity index (χ3n) is 4.86. The van der Waals surface area contributed by atoms with Gasteiger partial charge in [0, 0.05) is 19.4 Å². The maximum Gasteiger partial charge on any atom is 0.239 e. The Kier molecular flexibility index (Phi) is 4.28. The van der Waals surface area contributed by atoms with E-state index in [1.54, 1.807) is 23.0 Å². The minimum absolute atomic E-state index is 0.0605. The molecule has 1 aliphatic rings. The van der Waals surface area contributed by atoms with Crippen molar-refractivity contribution in [1.29, 1.82) is 0 Å². The Labute approximate surface area is 159 Å². The molecule has 1 saturated heterocycles. The number of primary amides is 1. The van der Waals surface area contributed by atoms with Crippen LogP contribution in [0.5, 0.6) is 0 Å². The molecule has 142 valence electrons. The summed E-state index contributed by atoms with van der Waals surface area (Å²) in [5, 5.41) is 0.691. The summed E-state index contributed by atoms with van der Waals surface area (Å²) >= 11 is 1.35. The molecule has 4 rings (SSSR count). The predicted molar refractivity (Wildman–Crippen MR) is 101 cm³/mol. The van der Waals surface area contributed by atoms with E-state index in [0.717, 1.165) is 5.69 Å². The van der Waals surface area contributed by atoms with Gasteiger partial charge in [-0.2, -0.15) is 0 Å². The number of aryl methyl sites for hydroxylation is 1. The zero-order chi connectivity index (χ0) is 19.2. The van der Waals surface area contributed by atoms with Gasteiger partial charge in [-0.1, -0.05) is 11.3 Å². The molecule has 0 spiro atoms. The van der Waals surface area contributed by atoms with Crippen LogP contribution in [0.1, 0.15) is 18.5 Å². The molecule has 0 radical (unpaired) electrons. The fourth-order valence-electron chi connectivity index (χ4n) is 3.27. The van der Waals surface area contributed by atoms with Crippen LogP contribution in [0.3, 0.4) is 0 Å². The largest absolute Gasteiger partial charge is 0.381 e. The standard InChI is InChI=1S/C17H18N4O4S2/c1-11-9-21(10-19-11)16-20-13-3-2-12(8-14(13)26-16)27(23,24)17(15(18)22)4-6-25-7-5-17/h2-3,8-10H,4-7H2,1H3,(H2,18,22). The number of sulfone groups is 1. The molecule has 10 heteroatoms. The van der Waals surface area contributed by atoms with Crippen molar-refractivity contribution in [1.82, 2.24) is 14.5 Å². The first-order valence-electron chi connectivity index (χ1n) is 8.37. The number of rotatable bonds is 4. The normalized spacial score (nSPS) is 17.2. The Hall–Kier alpha value is -2.30. The summed E-state index contributed by atoms with van der Waals surface area (Å²) in [5.41, 5.74) is 7.07. The molecular formula is C17H18N4O4S2. The summed E-state index contributed by atoms with van der Waals surface area (Å²) < 4.78 is 32.7. The lowest BCUT2D eigenvalue weighted by atomic mass is 9.98. The lowest BCUT2D eigenvalue weighted by Crippen LogP contribution is -2.53. The zero-order valence-electron chi connectivity index (χ0n) is 14.6. The first kappa shape index (κ1) is 18.1. The van der Waals surface area contributed by atoms with Crippen LogP contribution in [-0.2, 0) is 19.4 Å². The molecule has 0 unspecified atom stereocenters. The molecule has 1 aliphatic heterocycles. The van der Waals surface area contributed by atoms with Gasteiger partial charge in [0.25, 0.3) is 0 Å². The van der Waals surface area contributed by atoms with Crippen LogP contribution in [0, 0.1) is 6.92 Å². The van der Waals surface area contributed by atoms with E-state index in [9.17, 15) is 13.2 Å². The van der Waals surface area contributed by atoms with E-state index in [4.69, 9.17) is 10.5 Å². The number of nitrogens with zero attached hydrogens (tertiary/aromatic N) is 3. The molecule has 2 N–H and O–H groups in total. The van der Waals surface area contributed by atoms with Gasteiger partial charge in [-0.3, -0.25) is 9.36 Å². The molecule has 0 saturated carbocycles. The average molecular weight is 406 g/mol. The number of benzene rings is 1. The Balaban J connectivity index is 1.80. The number of hydrogen-bond acceptors (Lipinski definition) is 7. The van der Waals surface area contributed by atoms with Crippen LogP contribution in [0.25, 0.3) is 15.3 Å². The van der Waals surface area contributed by atoms with Gasteiger partial charge >= 0.3 is 0 Å². The van der Waals surface area contributed by atoms with Gasteiger partial charge in [-0.15, -0.1) is 0 Å². The maximum atomic E-state index is 13.3. The summed E-state index contributed by atoms with van der Waals surface area (Å²) in [6.45, 7) is 2.26. The van der Waals surface area contributed by atoms with E-state index in [1.165, 1.54) is 17.4 Å². The zero-order valence-corrected chi connectivity index (χ0v) is 16.2. The number of ether oxygens (including phenoxy) is 1. The van der Waals surface area contributed by atoms with Crippen molar-refractivity contribution >= 4 is 37.3 Å². The Morgan fingerprint density at radius 1 is 1.33 bits per heavy atom. The SMILES string of the molecule is Cc1cn(-c2nc3ccc(S(=O)(=O)C4(C(N)=O)CCOCC4)cc3s2)cn1. The smallest absolute Gasteiger partial charge is 0.239 e. The summed E-state index contributed by atoms with van der Waals surface area (Å²) in [6.07, 6.45) is 3.63. The third-order valence-corrected chi connectivity index (χ3v) is 8.40. The first-order chi connectivity index (χ1) is 12.8. The van der Waals surface area contributed by atoms with Gasteiger partial charge in [0.2, 0.25) is 5.91 Å². The summed E-state index contributed by atoms with van der Waals surface area (Å²) in [7, 11) is -3.96. The highest BCUT2D eigenvalue weighted by Gasteiger charge is 2.51. The van der Waals surface area contributed by atoms with Crippen molar-refractivity contribution in [3.8, 4) is 5.13 Å². The van der Waals surface area contributed by atoms with Crippen LogP contribution in [0.15, 0.2) is 35.6 Å². The van der Waals surface area contributed by atoms with Gasteiger partial charge in [-0.25, -0.2) is 18.4 Å². The van der Waals surface area contributed by atoms with Crippen LogP contribution in [0.4, 0.5) is 0 Å². The van der Waals surface area contributed by atoms with E-state index in [0.29, 0.717) is 15.3 Å². The second-order valence-electron chi connectivity index (χ2n) is 6.52. The molecule has 8 nitrogen and oxygen atoms in total. The number of hydrogen-bond donors (Lipinski definition) is 1. The van der Waals surface area contributed by atoms with E-state index in [2.05, 4.69) is 9.97 Å². The summed E-state index contributed by atoms with van der Waals surface area (Å²) in [6, 6.07) is 4.70. The van der Waals surface area contributed by atoms with Crippen molar-refractivity contribution in [2.45, 2.75) is 29.4 Å². The van der Waals surface area contributed by atoms with Crippen molar-refractivity contribution in [3.63, 3.8) is 0 Å². The molecule has 0 bridgehead atoms. The molecule has 3 aromatic rings. The quantitative estimate of drug-likeness (QED) is 0.703. The molecule has 0 aliphatic carbocycles. The van der Waals surface area contributed by atoms with E-state index >= 15 is 0 Å². The van der Waals surface area contributed by atoms with Crippen molar-refractivity contribution in [2.75, 3.05) is 13.2 Å². The lowest BCUT2D eigenvalue weighted by molar-refractivity contribution is -0.122. The van der Waals surface area contributed by atoms with Crippen LogP contribution < -0.4 is 5.73 Å². The van der Waals surface area contributed by atoms with Gasteiger partial charge in [0.1, 0.15) is 6.33 Å². The molecule has 3 heterocycles. The second kappa shape index (κ2) is 6.39. The van der Waals surface area contributed by atoms with E-state index in [1.807, 2.05) is 13.1 Å². The third kappa shape index (κ3) is 2.84. The van der Waals surface area contributed by atoms with E-state index in [-0.39, 0.29) is 31.0 Å². The number of imidazole rings is 1. The topological polar surface area (TPSA) is 117 Å².